The SMILES string of the molecule is CC(C)CC(C=O)c1cccc2c1OCCO2. The molecule has 92 valence electrons. The van der Waals surface area contributed by atoms with Crippen LogP contribution < -0.4 is 9.47 Å². The van der Waals surface area contributed by atoms with E-state index in [2.05, 4.69) is 13.8 Å². The Morgan fingerprint density at radius 1 is 1.29 bits per heavy atom. The fraction of sp³-hybridized carbons (Fsp3) is 0.500. The highest BCUT2D eigenvalue weighted by Gasteiger charge is 2.22. The van der Waals surface area contributed by atoms with Crippen molar-refractivity contribution in [2.24, 2.45) is 5.92 Å². The molecule has 0 amide bonds. The Kier molecular flexibility index (Phi) is 3.67. The molecule has 0 aliphatic carbocycles. The minimum Gasteiger partial charge on any atom is -0.486 e. The Morgan fingerprint density at radius 3 is 2.76 bits per heavy atom. The van der Waals surface area contributed by atoms with Crippen LogP contribution in [-0.2, 0) is 4.79 Å². The molecule has 0 bridgehead atoms. The zero-order chi connectivity index (χ0) is 12.3. The Balaban J connectivity index is 2.33. The van der Waals surface area contributed by atoms with E-state index in [0.29, 0.717) is 19.1 Å². The quantitative estimate of drug-likeness (QED) is 0.751. The summed E-state index contributed by atoms with van der Waals surface area (Å²) in [5.41, 5.74) is 0.950. The second kappa shape index (κ2) is 5.21. The van der Waals surface area contributed by atoms with Gasteiger partial charge < -0.3 is 14.3 Å². The zero-order valence-corrected chi connectivity index (χ0v) is 10.3. The lowest BCUT2D eigenvalue weighted by atomic mass is 9.90. The van der Waals surface area contributed by atoms with Gasteiger partial charge in [-0.25, -0.2) is 0 Å². The van der Waals surface area contributed by atoms with Crippen LogP contribution in [0.15, 0.2) is 18.2 Å². The molecular weight excluding hydrogens is 216 g/mol. The van der Waals surface area contributed by atoms with Gasteiger partial charge in [0, 0.05) is 11.5 Å². The molecule has 1 atom stereocenters. The maximum atomic E-state index is 11.2. The third-order valence-electron chi connectivity index (χ3n) is 2.89. The number of carbonyl (C=O) groups is 1. The number of ether oxygens (including phenoxy) is 2. The summed E-state index contributed by atoms with van der Waals surface area (Å²) in [6.07, 6.45) is 1.84. The number of carbonyl (C=O) groups excluding carboxylic acids is 1. The van der Waals surface area contributed by atoms with Gasteiger partial charge in [-0.2, -0.15) is 0 Å². The summed E-state index contributed by atoms with van der Waals surface area (Å²) >= 11 is 0. The first-order chi connectivity index (χ1) is 8.22. The molecule has 1 aromatic carbocycles. The molecule has 0 saturated heterocycles. The van der Waals surface area contributed by atoms with E-state index in [-0.39, 0.29) is 5.92 Å². The van der Waals surface area contributed by atoms with Crippen LogP contribution in [0.4, 0.5) is 0 Å². The van der Waals surface area contributed by atoms with Crippen molar-refractivity contribution in [1.29, 1.82) is 0 Å². The van der Waals surface area contributed by atoms with Crippen molar-refractivity contribution in [3.05, 3.63) is 23.8 Å². The number of hydrogen-bond acceptors (Lipinski definition) is 3. The Hall–Kier alpha value is -1.51. The standard InChI is InChI=1S/C14H18O3/c1-10(2)8-11(9-15)12-4-3-5-13-14(12)17-7-6-16-13/h3-5,9-11H,6-8H2,1-2H3. The van der Waals surface area contributed by atoms with Crippen molar-refractivity contribution in [2.75, 3.05) is 13.2 Å². The van der Waals surface area contributed by atoms with Gasteiger partial charge in [0.2, 0.25) is 0 Å². The monoisotopic (exact) mass is 234 g/mol. The minimum absolute atomic E-state index is 0.105. The highest BCUT2D eigenvalue weighted by Crippen LogP contribution is 2.38. The van der Waals surface area contributed by atoms with E-state index >= 15 is 0 Å². The van der Waals surface area contributed by atoms with E-state index in [0.717, 1.165) is 29.8 Å². The van der Waals surface area contributed by atoms with Crippen molar-refractivity contribution >= 4 is 6.29 Å². The molecule has 0 saturated carbocycles. The average molecular weight is 234 g/mol. The van der Waals surface area contributed by atoms with Crippen LogP contribution in [0.1, 0.15) is 31.7 Å². The largest absolute Gasteiger partial charge is 0.486 e. The summed E-state index contributed by atoms with van der Waals surface area (Å²) < 4.78 is 11.2. The van der Waals surface area contributed by atoms with Gasteiger partial charge in [-0.1, -0.05) is 26.0 Å². The summed E-state index contributed by atoms with van der Waals surface area (Å²) in [7, 11) is 0. The molecule has 2 rings (SSSR count). The number of hydrogen-bond donors (Lipinski definition) is 0. The number of para-hydroxylation sites is 1. The number of rotatable bonds is 4. The van der Waals surface area contributed by atoms with Crippen molar-refractivity contribution in [3.8, 4) is 11.5 Å². The summed E-state index contributed by atoms with van der Waals surface area (Å²) in [6, 6.07) is 5.75. The molecule has 1 aliphatic heterocycles. The highest BCUT2D eigenvalue weighted by molar-refractivity contribution is 5.66. The van der Waals surface area contributed by atoms with Crippen LogP contribution in [0, 0.1) is 5.92 Å². The van der Waals surface area contributed by atoms with Crippen LogP contribution in [0.3, 0.4) is 0 Å². The van der Waals surface area contributed by atoms with Gasteiger partial charge >= 0.3 is 0 Å². The average Bonchev–Trinajstić information content (AvgIpc) is 2.35. The first-order valence-electron chi connectivity index (χ1n) is 6.06. The van der Waals surface area contributed by atoms with Gasteiger partial charge in [0.1, 0.15) is 19.5 Å². The smallest absolute Gasteiger partial charge is 0.165 e. The second-order valence-corrected chi connectivity index (χ2v) is 4.74. The molecule has 3 heteroatoms. The predicted molar refractivity (Wildman–Crippen MR) is 65.7 cm³/mol. The molecule has 3 nitrogen and oxygen atoms in total. The maximum absolute atomic E-state index is 11.2. The predicted octanol–water partition coefficient (Wildman–Crippen LogP) is 2.79. The van der Waals surface area contributed by atoms with Gasteiger partial charge in [0.05, 0.1) is 0 Å². The third-order valence-corrected chi connectivity index (χ3v) is 2.89. The molecule has 1 unspecified atom stereocenters. The van der Waals surface area contributed by atoms with Crippen LogP contribution >= 0.6 is 0 Å². The third kappa shape index (κ3) is 2.60. The summed E-state index contributed by atoms with van der Waals surface area (Å²) in [5.74, 6) is 1.87. The lowest BCUT2D eigenvalue weighted by Crippen LogP contribution is -2.18. The zero-order valence-electron chi connectivity index (χ0n) is 10.3. The van der Waals surface area contributed by atoms with Gasteiger partial charge in [-0.15, -0.1) is 0 Å². The van der Waals surface area contributed by atoms with Crippen molar-refractivity contribution in [1.82, 2.24) is 0 Å². The van der Waals surface area contributed by atoms with Gasteiger partial charge in [-0.3, -0.25) is 0 Å². The molecule has 1 aliphatic rings. The van der Waals surface area contributed by atoms with Crippen LogP contribution in [0.2, 0.25) is 0 Å². The second-order valence-electron chi connectivity index (χ2n) is 4.74. The first kappa shape index (κ1) is 12.0. The minimum atomic E-state index is -0.105. The number of aldehydes is 1. The number of fused-ring (bicyclic) bond motifs is 1. The van der Waals surface area contributed by atoms with Gasteiger partial charge in [0.15, 0.2) is 11.5 Å². The van der Waals surface area contributed by atoms with E-state index in [1.165, 1.54) is 0 Å². The van der Waals surface area contributed by atoms with E-state index in [1.54, 1.807) is 0 Å². The molecule has 1 aromatic rings. The fourth-order valence-corrected chi connectivity index (χ4v) is 2.15. The lowest BCUT2D eigenvalue weighted by molar-refractivity contribution is -0.109. The van der Waals surface area contributed by atoms with E-state index in [1.807, 2.05) is 18.2 Å². The molecule has 0 fully saturated rings. The van der Waals surface area contributed by atoms with E-state index in [4.69, 9.17) is 9.47 Å². The molecule has 1 heterocycles. The summed E-state index contributed by atoms with van der Waals surface area (Å²) in [6.45, 7) is 5.36. The van der Waals surface area contributed by atoms with Crippen molar-refractivity contribution in [2.45, 2.75) is 26.2 Å². The lowest BCUT2D eigenvalue weighted by Gasteiger charge is -2.23. The molecule has 17 heavy (non-hydrogen) atoms. The van der Waals surface area contributed by atoms with E-state index in [9.17, 15) is 4.79 Å². The Bertz CT molecular complexity index is 398. The molecular formula is C14H18O3. The molecule has 0 N–H and O–H groups in total. The molecule has 0 spiro atoms. The molecule has 0 radical (unpaired) electrons. The number of benzene rings is 1. The van der Waals surface area contributed by atoms with Crippen molar-refractivity contribution in [3.63, 3.8) is 0 Å². The van der Waals surface area contributed by atoms with Crippen LogP contribution in [0.5, 0.6) is 11.5 Å². The van der Waals surface area contributed by atoms with Crippen molar-refractivity contribution < 1.29 is 14.3 Å². The summed E-state index contributed by atoms with van der Waals surface area (Å²) in [4.78, 5) is 11.2. The fourth-order valence-electron chi connectivity index (χ4n) is 2.15. The van der Waals surface area contributed by atoms with E-state index < -0.39 is 0 Å². The van der Waals surface area contributed by atoms with Gasteiger partial charge in [-0.05, 0) is 18.4 Å². The summed E-state index contributed by atoms with van der Waals surface area (Å²) in [5, 5.41) is 0. The molecule has 0 aromatic heterocycles. The topological polar surface area (TPSA) is 35.5 Å². The highest BCUT2D eigenvalue weighted by atomic mass is 16.6. The van der Waals surface area contributed by atoms with Crippen LogP contribution in [-0.4, -0.2) is 19.5 Å². The Morgan fingerprint density at radius 2 is 2.06 bits per heavy atom. The normalized spacial score (nSPS) is 15.7. The Labute approximate surface area is 102 Å². The first-order valence-corrected chi connectivity index (χ1v) is 6.06. The van der Waals surface area contributed by atoms with Crippen LogP contribution in [0.25, 0.3) is 0 Å². The van der Waals surface area contributed by atoms with Gasteiger partial charge in [0.25, 0.3) is 0 Å². The maximum Gasteiger partial charge on any atom is 0.165 e.